The zero-order valence-electron chi connectivity index (χ0n) is 19.0. The van der Waals surface area contributed by atoms with Crippen LogP contribution in [0.2, 0.25) is 0 Å². The van der Waals surface area contributed by atoms with Crippen molar-refractivity contribution >= 4 is 18.0 Å². The van der Waals surface area contributed by atoms with Crippen LogP contribution in [-0.4, -0.2) is 42.8 Å². The fraction of sp³-hybridized carbons (Fsp3) is 0.423. The molecule has 180 valence electrons. The lowest BCUT2D eigenvalue weighted by Gasteiger charge is -2.36. The van der Waals surface area contributed by atoms with Crippen LogP contribution >= 0.6 is 0 Å². The van der Waals surface area contributed by atoms with Crippen LogP contribution in [-0.2, 0) is 19.2 Å². The number of carbonyl (C=O) groups excluding carboxylic acids is 2. The number of alkyl carbamates (subject to hydrolysis) is 1. The highest BCUT2D eigenvalue weighted by Crippen LogP contribution is 2.44. The summed E-state index contributed by atoms with van der Waals surface area (Å²) in [6, 6.07) is 16.3. The zero-order valence-corrected chi connectivity index (χ0v) is 19.0. The highest BCUT2D eigenvalue weighted by molar-refractivity contribution is 5.79. The van der Waals surface area contributed by atoms with Gasteiger partial charge in [-0.15, -0.1) is 0 Å². The number of carboxylic acid groups (broad SMARTS) is 1. The fourth-order valence-electron chi connectivity index (χ4n) is 5.18. The molecule has 4 rings (SSSR count). The van der Waals surface area contributed by atoms with E-state index in [1.807, 2.05) is 24.3 Å². The van der Waals surface area contributed by atoms with Crippen LogP contribution in [0, 0.1) is 5.41 Å². The van der Waals surface area contributed by atoms with Gasteiger partial charge in [-0.25, -0.2) is 15.1 Å². The number of rotatable bonds is 9. The number of hydroxylamine groups is 1. The highest BCUT2D eigenvalue weighted by atomic mass is 16.7. The van der Waals surface area contributed by atoms with E-state index >= 15 is 0 Å². The molecule has 2 aromatic rings. The van der Waals surface area contributed by atoms with E-state index in [4.69, 9.17) is 14.7 Å². The molecule has 0 spiro atoms. The molecule has 2 amide bonds. The second-order valence-corrected chi connectivity index (χ2v) is 9.12. The Morgan fingerprint density at radius 3 is 2.18 bits per heavy atom. The molecule has 8 nitrogen and oxygen atoms in total. The van der Waals surface area contributed by atoms with E-state index in [0.29, 0.717) is 6.54 Å². The summed E-state index contributed by atoms with van der Waals surface area (Å²) in [4.78, 5) is 40.2. The van der Waals surface area contributed by atoms with Crippen LogP contribution in [0.15, 0.2) is 48.5 Å². The molecule has 2 aliphatic rings. The first-order valence-corrected chi connectivity index (χ1v) is 11.7. The van der Waals surface area contributed by atoms with Crippen LogP contribution in [0.3, 0.4) is 0 Å². The van der Waals surface area contributed by atoms with E-state index in [1.165, 1.54) is 11.1 Å². The van der Waals surface area contributed by atoms with Gasteiger partial charge in [0.05, 0.1) is 0 Å². The third-order valence-corrected chi connectivity index (χ3v) is 6.78. The van der Waals surface area contributed by atoms with Crippen molar-refractivity contribution in [1.29, 1.82) is 0 Å². The van der Waals surface area contributed by atoms with E-state index in [1.54, 1.807) is 0 Å². The predicted molar refractivity (Wildman–Crippen MR) is 125 cm³/mol. The van der Waals surface area contributed by atoms with Gasteiger partial charge in [-0.1, -0.05) is 67.8 Å². The Labute approximate surface area is 198 Å². The summed E-state index contributed by atoms with van der Waals surface area (Å²) < 4.78 is 5.63. The predicted octanol–water partition coefficient (Wildman–Crippen LogP) is 4.00. The molecule has 0 aliphatic heterocycles. The molecule has 0 heterocycles. The minimum atomic E-state index is -1.16. The van der Waals surface area contributed by atoms with Gasteiger partial charge in [0.15, 0.2) is 6.61 Å². The van der Waals surface area contributed by atoms with Crippen molar-refractivity contribution in [2.24, 2.45) is 5.41 Å². The third-order valence-electron chi connectivity index (χ3n) is 6.78. The van der Waals surface area contributed by atoms with E-state index in [2.05, 4.69) is 35.1 Å². The second kappa shape index (κ2) is 10.7. The van der Waals surface area contributed by atoms with Gasteiger partial charge >= 0.3 is 12.1 Å². The van der Waals surface area contributed by atoms with E-state index in [9.17, 15) is 14.4 Å². The van der Waals surface area contributed by atoms with Gasteiger partial charge in [0.25, 0.3) is 0 Å². The number of carboxylic acids is 1. The summed E-state index contributed by atoms with van der Waals surface area (Å²) in [5, 5.41) is 11.5. The van der Waals surface area contributed by atoms with Crippen molar-refractivity contribution in [3.63, 3.8) is 0 Å². The molecule has 0 aromatic heterocycles. The van der Waals surface area contributed by atoms with Gasteiger partial charge in [-0.2, -0.15) is 0 Å². The monoisotopic (exact) mass is 466 g/mol. The Kier molecular flexibility index (Phi) is 7.47. The lowest BCUT2D eigenvalue weighted by molar-refractivity contribution is -0.150. The van der Waals surface area contributed by atoms with Crippen LogP contribution < -0.4 is 10.8 Å². The molecule has 2 aromatic carbocycles. The van der Waals surface area contributed by atoms with Gasteiger partial charge in [-0.05, 0) is 40.5 Å². The first-order valence-electron chi connectivity index (χ1n) is 11.7. The minimum absolute atomic E-state index is 0.0149. The van der Waals surface area contributed by atoms with Crippen LogP contribution in [0.4, 0.5) is 4.79 Å². The van der Waals surface area contributed by atoms with Crippen LogP contribution in [0.5, 0.6) is 0 Å². The number of fused-ring (bicyclic) bond motifs is 3. The molecule has 1 fully saturated rings. The zero-order chi connectivity index (χ0) is 24.0. The molecule has 2 aliphatic carbocycles. The smallest absolute Gasteiger partial charge is 0.407 e. The van der Waals surface area contributed by atoms with Crippen molar-refractivity contribution < 1.29 is 29.1 Å². The van der Waals surface area contributed by atoms with E-state index in [0.717, 1.165) is 43.2 Å². The molecule has 0 saturated heterocycles. The molecule has 1 saturated carbocycles. The largest absolute Gasteiger partial charge is 0.479 e. The summed E-state index contributed by atoms with van der Waals surface area (Å²) >= 11 is 0. The summed E-state index contributed by atoms with van der Waals surface area (Å²) in [7, 11) is 0. The van der Waals surface area contributed by atoms with Gasteiger partial charge in [0, 0.05) is 18.9 Å². The normalized spacial score (nSPS) is 16.2. The number of benzene rings is 2. The van der Waals surface area contributed by atoms with Crippen molar-refractivity contribution in [2.45, 2.75) is 44.4 Å². The van der Waals surface area contributed by atoms with Crippen molar-refractivity contribution in [3.8, 4) is 11.1 Å². The minimum Gasteiger partial charge on any atom is -0.479 e. The number of hydrogen-bond donors (Lipinski definition) is 3. The highest BCUT2D eigenvalue weighted by Gasteiger charge is 2.35. The van der Waals surface area contributed by atoms with Crippen molar-refractivity contribution in [1.82, 2.24) is 10.8 Å². The molecule has 0 bridgehead atoms. The number of ether oxygens (including phenoxy) is 1. The number of aliphatic carboxylic acids is 1. The first-order chi connectivity index (χ1) is 16.5. The molecular weight excluding hydrogens is 436 g/mol. The lowest BCUT2D eigenvalue weighted by Crippen LogP contribution is -2.43. The topological polar surface area (TPSA) is 114 Å². The van der Waals surface area contributed by atoms with E-state index < -0.39 is 30.0 Å². The van der Waals surface area contributed by atoms with Gasteiger partial charge in [0.1, 0.15) is 6.61 Å². The maximum absolute atomic E-state index is 12.6. The number of carbonyl (C=O) groups is 3. The molecule has 0 unspecified atom stereocenters. The Bertz CT molecular complexity index is 1000. The Morgan fingerprint density at radius 2 is 1.56 bits per heavy atom. The maximum atomic E-state index is 12.6. The summed E-state index contributed by atoms with van der Waals surface area (Å²) in [5.41, 5.74) is 6.43. The summed E-state index contributed by atoms with van der Waals surface area (Å²) in [6.07, 6.45) is 4.26. The van der Waals surface area contributed by atoms with Crippen LogP contribution in [0.25, 0.3) is 11.1 Å². The second-order valence-electron chi connectivity index (χ2n) is 9.12. The quantitative estimate of drug-likeness (QED) is 0.482. The maximum Gasteiger partial charge on any atom is 0.407 e. The summed E-state index contributed by atoms with van der Waals surface area (Å²) in [6.45, 7) is -0.0524. The molecule has 0 atom stereocenters. The number of nitrogens with one attached hydrogen (secondary N) is 2. The molecule has 3 N–H and O–H groups in total. The molecule has 0 radical (unpaired) electrons. The van der Waals surface area contributed by atoms with E-state index in [-0.39, 0.29) is 18.9 Å². The van der Waals surface area contributed by atoms with Gasteiger partial charge < -0.3 is 15.2 Å². The SMILES string of the molecule is O=C(O)CONC(=O)CC1(CNC(=O)OCC2c3ccccc3-c3ccccc32)CCCCC1. The standard InChI is InChI=1S/C26H30N2O6/c29-23(28-34-16-24(30)31)14-26(12-6-1-7-13-26)17-27-25(32)33-15-22-20-10-4-2-8-18(20)19-9-3-5-11-21(19)22/h2-5,8-11,22H,1,6-7,12-17H2,(H,27,32)(H,28,29)(H,30,31). The van der Waals surface area contributed by atoms with Gasteiger partial charge in [-0.3, -0.25) is 9.63 Å². The number of amides is 2. The Balaban J connectivity index is 1.33. The Hall–Kier alpha value is -3.39. The first kappa shape index (κ1) is 23.8. The number of hydrogen-bond acceptors (Lipinski definition) is 5. The van der Waals surface area contributed by atoms with Crippen LogP contribution in [0.1, 0.15) is 55.6 Å². The molecule has 34 heavy (non-hydrogen) atoms. The average molecular weight is 467 g/mol. The Morgan fingerprint density at radius 1 is 0.941 bits per heavy atom. The lowest BCUT2D eigenvalue weighted by atomic mass is 9.71. The average Bonchev–Trinajstić information content (AvgIpc) is 3.15. The fourth-order valence-corrected chi connectivity index (χ4v) is 5.18. The summed E-state index contributed by atoms with van der Waals surface area (Å²) in [5.74, 6) is -1.57. The van der Waals surface area contributed by atoms with Gasteiger partial charge in [0.2, 0.25) is 5.91 Å². The molecule has 8 heteroatoms. The van der Waals surface area contributed by atoms with Crippen molar-refractivity contribution in [3.05, 3.63) is 59.7 Å². The van der Waals surface area contributed by atoms with Crippen molar-refractivity contribution in [2.75, 3.05) is 19.8 Å². The molecular formula is C26H30N2O6. The third kappa shape index (κ3) is 5.56.